The third-order valence-corrected chi connectivity index (χ3v) is 5.32. The van der Waals surface area contributed by atoms with Gasteiger partial charge < -0.3 is 5.32 Å². The fraction of sp³-hybridized carbons (Fsp3) is 0.227. The van der Waals surface area contributed by atoms with Crippen molar-refractivity contribution in [1.29, 1.82) is 0 Å². The SMILES string of the molecule is C[C@H]1CC(c2ccc(C(F)(F)F)cc2)C(=O)c2c(NC(=O)c3cccc(F)c3)cnn21. The Morgan fingerprint density at radius 3 is 2.52 bits per heavy atom. The Balaban J connectivity index is 1.63. The van der Waals surface area contributed by atoms with Gasteiger partial charge in [-0.3, -0.25) is 14.3 Å². The van der Waals surface area contributed by atoms with E-state index in [0.717, 1.165) is 18.2 Å². The van der Waals surface area contributed by atoms with Crippen LogP contribution < -0.4 is 5.32 Å². The number of hydrogen-bond donors (Lipinski definition) is 1. The lowest BCUT2D eigenvalue weighted by atomic mass is 9.84. The van der Waals surface area contributed by atoms with E-state index in [1.165, 1.54) is 41.2 Å². The minimum absolute atomic E-state index is 0.0792. The van der Waals surface area contributed by atoms with Crippen LogP contribution in [0.15, 0.2) is 54.7 Å². The summed E-state index contributed by atoms with van der Waals surface area (Å²) in [4.78, 5) is 25.7. The van der Waals surface area contributed by atoms with Gasteiger partial charge >= 0.3 is 6.18 Å². The zero-order valence-corrected chi connectivity index (χ0v) is 16.3. The molecule has 31 heavy (non-hydrogen) atoms. The summed E-state index contributed by atoms with van der Waals surface area (Å²) in [7, 11) is 0. The Morgan fingerprint density at radius 2 is 1.87 bits per heavy atom. The highest BCUT2D eigenvalue weighted by molar-refractivity contribution is 6.10. The molecule has 0 saturated heterocycles. The summed E-state index contributed by atoms with van der Waals surface area (Å²) in [6, 6.07) is 9.39. The second kappa shape index (κ2) is 7.64. The number of nitrogens with one attached hydrogen (secondary N) is 1. The molecule has 0 radical (unpaired) electrons. The molecule has 0 spiro atoms. The molecule has 0 fully saturated rings. The topological polar surface area (TPSA) is 64.0 Å². The molecule has 1 N–H and O–H groups in total. The molecule has 0 saturated carbocycles. The Morgan fingerprint density at radius 1 is 1.16 bits per heavy atom. The van der Waals surface area contributed by atoms with Crippen LogP contribution in [0.1, 0.15) is 57.3 Å². The number of amides is 1. The summed E-state index contributed by atoms with van der Waals surface area (Å²) < 4.78 is 53.5. The molecule has 0 bridgehead atoms. The van der Waals surface area contributed by atoms with Crippen LogP contribution in [0, 0.1) is 5.82 Å². The Hall–Kier alpha value is -3.49. The van der Waals surface area contributed by atoms with Crippen LogP contribution in [-0.2, 0) is 6.18 Å². The van der Waals surface area contributed by atoms with Gasteiger partial charge in [-0.2, -0.15) is 18.3 Å². The second-order valence-corrected chi connectivity index (χ2v) is 7.44. The van der Waals surface area contributed by atoms with Crippen molar-refractivity contribution < 1.29 is 27.2 Å². The first kappa shape index (κ1) is 20.8. The van der Waals surface area contributed by atoms with Crippen LogP contribution >= 0.6 is 0 Å². The quantitative estimate of drug-likeness (QED) is 0.578. The molecule has 2 heterocycles. The molecule has 9 heteroatoms. The molecule has 3 aromatic rings. The smallest absolute Gasteiger partial charge is 0.319 e. The molecular weight excluding hydrogens is 414 g/mol. The predicted octanol–water partition coefficient (Wildman–Crippen LogP) is 5.22. The fourth-order valence-corrected chi connectivity index (χ4v) is 3.76. The number of rotatable bonds is 3. The van der Waals surface area contributed by atoms with Crippen LogP contribution in [0.3, 0.4) is 0 Å². The monoisotopic (exact) mass is 431 g/mol. The molecule has 2 aromatic carbocycles. The van der Waals surface area contributed by atoms with Gasteiger partial charge in [0, 0.05) is 5.56 Å². The van der Waals surface area contributed by atoms with Gasteiger partial charge in [-0.05, 0) is 49.2 Å². The first-order valence-corrected chi connectivity index (χ1v) is 9.51. The van der Waals surface area contributed by atoms with Gasteiger partial charge in [-0.1, -0.05) is 18.2 Å². The lowest BCUT2D eigenvalue weighted by Gasteiger charge is -2.28. The molecule has 1 aliphatic rings. The van der Waals surface area contributed by atoms with Gasteiger partial charge in [0.1, 0.15) is 11.5 Å². The van der Waals surface area contributed by atoms with Crippen molar-refractivity contribution >= 4 is 17.4 Å². The number of alkyl halides is 3. The van der Waals surface area contributed by atoms with E-state index < -0.39 is 29.4 Å². The van der Waals surface area contributed by atoms with Gasteiger partial charge in [-0.25, -0.2) is 4.39 Å². The van der Waals surface area contributed by atoms with E-state index in [0.29, 0.717) is 12.0 Å². The molecule has 1 unspecified atom stereocenters. The Kier molecular flexibility index (Phi) is 5.12. The van der Waals surface area contributed by atoms with Crippen LogP contribution in [-0.4, -0.2) is 21.5 Å². The van der Waals surface area contributed by atoms with Crippen LogP contribution in [0.5, 0.6) is 0 Å². The number of ketones is 1. The van der Waals surface area contributed by atoms with Crippen molar-refractivity contribution in [3.05, 3.63) is 82.9 Å². The zero-order chi connectivity index (χ0) is 22.3. The summed E-state index contributed by atoms with van der Waals surface area (Å²) in [6.45, 7) is 1.83. The van der Waals surface area contributed by atoms with E-state index in [1.54, 1.807) is 0 Å². The molecule has 160 valence electrons. The number of Topliss-reactive ketones (excluding diaryl/α,β-unsaturated/α-hetero) is 1. The van der Waals surface area contributed by atoms with Crippen molar-refractivity contribution in [2.75, 3.05) is 5.32 Å². The van der Waals surface area contributed by atoms with Crippen molar-refractivity contribution in [3.63, 3.8) is 0 Å². The standard InChI is InChI=1S/C22H17F4N3O2/c1-12-9-17(13-5-7-15(8-6-13)22(24,25)26)20(30)19-18(11-27-29(12)19)28-21(31)14-3-2-4-16(23)10-14/h2-8,10-12,17H,9H2,1H3,(H,28,31)/t12-,17?/m0/s1. The number of hydrogen-bond acceptors (Lipinski definition) is 3. The summed E-state index contributed by atoms with van der Waals surface area (Å²) in [6.07, 6.45) is -2.76. The largest absolute Gasteiger partial charge is 0.416 e. The van der Waals surface area contributed by atoms with Crippen molar-refractivity contribution in [2.45, 2.75) is 31.5 Å². The maximum Gasteiger partial charge on any atom is 0.416 e. The van der Waals surface area contributed by atoms with Crippen LogP contribution in [0.2, 0.25) is 0 Å². The number of carbonyl (C=O) groups is 2. The maximum atomic E-state index is 13.4. The minimum atomic E-state index is -4.46. The van der Waals surface area contributed by atoms with Gasteiger partial charge in [0.15, 0.2) is 5.78 Å². The molecule has 1 aromatic heterocycles. The van der Waals surface area contributed by atoms with E-state index in [9.17, 15) is 27.2 Å². The van der Waals surface area contributed by atoms with Crippen LogP contribution in [0.4, 0.5) is 23.2 Å². The first-order chi connectivity index (χ1) is 14.6. The van der Waals surface area contributed by atoms with Gasteiger partial charge in [-0.15, -0.1) is 0 Å². The number of halogens is 4. The average molecular weight is 431 g/mol. The molecule has 0 aliphatic carbocycles. The van der Waals surface area contributed by atoms with E-state index in [4.69, 9.17) is 0 Å². The van der Waals surface area contributed by atoms with E-state index >= 15 is 0 Å². The van der Waals surface area contributed by atoms with E-state index in [2.05, 4.69) is 10.4 Å². The highest BCUT2D eigenvalue weighted by atomic mass is 19.4. The molecule has 1 aliphatic heterocycles. The number of nitrogens with zero attached hydrogens (tertiary/aromatic N) is 2. The average Bonchev–Trinajstić information content (AvgIpc) is 3.14. The Labute approximate surface area is 174 Å². The number of aromatic nitrogens is 2. The summed E-state index contributed by atoms with van der Waals surface area (Å²) in [5.41, 5.74) is 0.0759. The highest BCUT2D eigenvalue weighted by Crippen LogP contribution is 2.39. The molecule has 2 atom stereocenters. The molecule has 4 rings (SSSR count). The second-order valence-electron chi connectivity index (χ2n) is 7.44. The summed E-state index contributed by atoms with van der Waals surface area (Å²) in [5, 5.41) is 6.77. The lowest BCUT2D eigenvalue weighted by molar-refractivity contribution is -0.137. The van der Waals surface area contributed by atoms with Crippen molar-refractivity contribution in [2.24, 2.45) is 0 Å². The zero-order valence-electron chi connectivity index (χ0n) is 16.3. The number of anilines is 1. The van der Waals surface area contributed by atoms with Crippen molar-refractivity contribution in [1.82, 2.24) is 9.78 Å². The molecule has 5 nitrogen and oxygen atoms in total. The minimum Gasteiger partial charge on any atom is -0.319 e. The maximum absolute atomic E-state index is 13.4. The number of fused-ring (bicyclic) bond motifs is 1. The summed E-state index contributed by atoms with van der Waals surface area (Å²) >= 11 is 0. The van der Waals surface area contributed by atoms with Crippen LogP contribution in [0.25, 0.3) is 0 Å². The third kappa shape index (κ3) is 3.95. The Bertz CT molecular complexity index is 1150. The van der Waals surface area contributed by atoms with E-state index in [-0.39, 0.29) is 28.8 Å². The lowest BCUT2D eigenvalue weighted by Crippen LogP contribution is -2.29. The van der Waals surface area contributed by atoms with Crippen molar-refractivity contribution in [3.8, 4) is 0 Å². The molecular formula is C22H17F4N3O2. The third-order valence-electron chi connectivity index (χ3n) is 5.32. The van der Waals surface area contributed by atoms with Gasteiger partial charge in [0.25, 0.3) is 5.91 Å². The highest BCUT2D eigenvalue weighted by Gasteiger charge is 2.37. The van der Waals surface area contributed by atoms with Gasteiger partial charge in [0.2, 0.25) is 0 Å². The normalized spacial score (nSPS) is 18.5. The number of carbonyl (C=O) groups excluding carboxylic acids is 2. The van der Waals surface area contributed by atoms with Gasteiger partial charge in [0.05, 0.1) is 29.4 Å². The predicted molar refractivity (Wildman–Crippen MR) is 104 cm³/mol. The fourth-order valence-electron chi connectivity index (χ4n) is 3.76. The first-order valence-electron chi connectivity index (χ1n) is 9.51. The number of benzene rings is 2. The summed E-state index contributed by atoms with van der Waals surface area (Å²) in [5.74, 6) is -2.21. The van der Waals surface area contributed by atoms with E-state index in [1.807, 2.05) is 6.92 Å². The molecule has 1 amide bonds.